The second-order valence-corrected chi connectivity index (χ2v) is 8.99. The molecule has 0 aromatic heterocycles. The first-order valence-electron chi connectivity index (χ1n) is 10.7. The van der Waals surface area contributed by atoms with Crippen LogP contribution in [0.4, 0.5) is 0 Å². The molecule has 0 heterocycles. The Morgan fingerprint density at radius 3 is 1.96 bits per heavy atom. The maximum Gasteiger partial charge on any atom is 0.119 e. The van der Waals surface area contributed by atoms with Gasteiger partial charge in [-0.05, 0) is 68.9 Å². The smallest absolute Gasteiger partial charge is 0.119 e. The van der Waals surface area contributed by atoms with Crippen molar-refractivity contribution in [2.75, 3.05) is 6.54 Å². The molecule has 0 aliphatic carbocycles. The summed E-state index contributed by atoms with van der Waals surface area (Å²) in [5, 5.41) is 3.25. The average molecular weight is 403 g/mol. The molecule has 3 heteroatoms. The van der Waals surface area contributed by atoms with Crippen molar-refractivity contribution in [3.05, 3.63) is 64.7 Å². The Kier molecular flexibility index (Phi) is 9.34. The number of quaternary nitrogens is 1. The molecule has 0 unspecified atom stereocenters. The second kappa shape index (κ2) is 11.5. The second-order valence-electron chi connectivity index (χ2n) is 8.56. The zero-order chi connectivity index (χ0) is 20.5. The van der Waals surface area contributed by atoms with Crippen LogP contribution < -0.4 is 10.1 Å². The first kappa shape index (κ1) is 22.8. The Labute approximate surface area is 176 Å². The van der Waals surface area contributed by atoms with Gasteiger partial charge in [0.25, 0.3) is 0 Å². The Bertz CT molecular complexity index is 679. The summed E-state index contributed by atoms with van der Waals surface area (Å²) < 4.78 is 5.80. The largest absolute Gasteiger partial charge is 0.491 e. The molecular formula is C25H37ClNO+. The Balaban J connectivity index is 1.95. The zero-order valence-corrected chi connectivity index (χ0v) is 18.9. The van der Waals surface area contributed by atoms with Gasteiger partial charge in [0.1, 0.15) is 11.8 Å². The summed E-state index contributed by atoms with van der Waals surface area (Å²) in [5.41, 5.74) is 2.77. The van der Waals surface area contributed by atoms with Gasteiger partial charge in [0, 0.05) is 17.0 Å². The molecule has 2 atom stereocenters. The lowest BCUT2D eigenvalue weighted by atomic mass is 9.88. The first-order chi connectivity index (χ1) is 13.3. The van der Waals surface area contributed by atoms with E-state index in [0.29, 0.717) is 12.0 Å². The number of halogens is 1. The van der Waals surface area contributed by atoms with Gasteiger partial charge in [-0.3, -0.25) is 0 Å². The van der Waals surface area contributed by atoms with Gasteiger partial charge in [0.05, 0.1) is 12.6 Å². The molecule has 0 amide bonds. The minimum atomic E-state index is 0.214. The van der Waals surface area contributed by atoms with Crippen LogP contribution in [0.15, 0.2) is 48.5 Å². The van der Waals surface area contributed by atoms with E-state index in [0.717, 1.165) is 23.2 Å². The van der Waals surface area contributed by atoms with Crippen LogP contribution in [0.25, 0.3) is 0 Å². The van der Waals surface area contributed by atoms with Gasteiger partial charge >= 0.3 is 0 Å². The van der Waals surface area contributed by atoms with Crippen LogP contribution in [0.5, 0.6) is 5.75 Å². The fraction of sp³-hybridized carbons (Fsp3) is 0.520. The van der Waals surface area contributed by atoms with E-state index in [-0.39, 0.29) is 6.10 Å². The quantitative estimate of drug-likeness (QED) is 0.464. The van der Waals surface area contributed by atoms with Crippen LogP contribution in [0.1, 0.15) is 77.0 Å². The van der Waals surface area contributed by atoms with Crippen molar-refractivity contribution in [2.24, 2.45) is 5.92 Å². The first-order valence-corrected chi connectivity index (χ1v) is 11.1. The minimum Gasteiger partial charge on any atom is -0.491 e. The van der Waals surface area contributed by atoms with Gasteiger partial charge in [-0.25, -0.2) is 0 Å². The highest BCUT2D eigenvalue weighted by Crippen LogP contribution is 2.28. The lowest BCUT2D eigenvalue weighted by Gasteiger charge is -2.20. The SMILES string of the molecule is CC(C)CC[C@H](CC[NH2+][C@@H](C)c1ccc(Cl)cc1)c1ccc(OC(C)C)cc1. The Morgan fingerprint density at radius 1 is 0.786 bits per heavy atom. The number of benzene rings is 2. The van der Waals surface area contributed by atoms with Crippen molar-refractivity contribution < 1.29 is 10.1 Å². The maximum absolute atomic E-state index is 6.01. The van der Waals surface area contributed by atoms with Crippen LogP contribution >= 0.6 is 11.6 Å². The average Bonchev–Trinajstić information content (AvgIpc) is 2.65. The predicted octanol–water partition coefficient (Wildman–Crippen LogP) is 6.36. The monoisotopic (exact) mass is 402 g/mol. The fourth-order valence-electron chi connectivity index (χ4n) is 3.55. The van der Waals surface area contributed by atoms with E-state index in [4.69, 9.17) is 16.3 Å². The summed E-state index contributed by atoms with van der Waals surface area (Å²) in [6.07, 6.45) is 3.91. The molecule has 0 bridgehead atoms. The van der Waals surface area contributed by atoms with Crippen molar-refractivity contribution in [3.8, 4) is 5.75 Å². The molecule has 28 heavy (non-hydrogen) atoms. The number of hydrogen-bond acceptors (Lipinski definition) is 1. The highest BCUT2D eigenvalue weighted by molar-refractivity contribution is 6.30. The maximum atomic E-state index is 6.01. The van der Waals surface area contributed by atoms with Crippen LogP contribution in [-0.4, -0.2) is 12.6 Å². The molecule has 0 fully saturated rings. The number of rotatable bonds is 11. The van der Waals surface area contributed by atoms with E-state index in [2.05, 4.69) is 76.3 Å². The highest BCUT2D eigenvalue weighted by Gasteiger charge is 2.15. The highest BCUT2D eigenvalue weighted by atomic mass is 35.5. The topological polar surface area (TPSA) is 25.8 Å². The summed E-state index contributed by atoms with van der Waals surface area (Å²) in [6, 6.07) is 17.4. The van der Waals surface area contributed by atoms with Crippen LogP contribution in [-0.2, 0) is 0 Å². The summed E-state index contributed by atoms with van der Waals surface area (Å²) in [5.74, 6) is 2.30. The van der Waals surface area contributed by atoms with Gasteiger partial charge in [0.2, 0.25) is 0 Å². The van der Waals surface area contributed by atoms with Crippen molar-refractivity contribution in [1.29, 1.82) is 0 Å². The molecule has 2 nitrogen and oxygen atoms in total. The molecule has 0 saturated carbocycles. The third-order valence-corrected chi connectivity index (χ3v) is 5.50. The van der Waals surface area contributed by atoms with Crippen molar-refractivity contribution in [1.82, 2.24) is 0 Å². The van der Waals surface area contributed by atoms with Crippen molar-refractivity contribution in [2.45, 2.75) is 71.9 Å². The van der Waals surface area contributed by atoms with E-state index >= 15 is 0 Å². The molecule has 0 aliphatic rings. The van der Waals surface area contributed by atoms with Gasteiger partial charge in [-0.1, -0.05) is 56.1 Å². The molecule has 154 valence electrons. The molecular weight excluding hydrogens is 366 g/mol. The molecule has 0 radical (unpaired) electrons. The minimum absolute atomic E-state index is 0.214. The van der Waals surface area contributed by atoms with Gasteiger partial charge in [-0.15, -0.1) is 0 Å². The van der Waals surface area contributed by atoms with Crippen molar-refractivity contribution >= 4 is 11.6 Å². The molecule has 2 N–H and O–H groups in total. The lowest BCUT2D eigenvalue weighted by Crippen LogP contribution is -2.84. The van der Waals surface area contributed by atoms with E-state index in [1.807, 2.05) is 12.1 Å². The summed E-state index contributed by atoms with van der Waals surface area (Å²) >= 11 is 6.01. The number of ether oxygens (including phenoxy) is 1. The zero-order valence-electron chi connectivity index (χ0n) is 18.1. The molecule has 0 saturated heterocycles. The van der Waals surface area contributed by atoms with Crippen LogP contribution in [0.2, 0.25) is 5.02 Å². The predicted molar refractivity (Wildman–Crippen MR) is 120 cm³/mol. The van der Waals surface area contributed by atoms with Gasteiger partial charge in [0.15, 0.2) is 0 Å². The number of hydrogen-bond donors (Lipinski definition) is 1. The molecule has 2 aromatic carbocycles. The molecule has 2 rings (SSSR count). The normalized spacial score (nSPS) is 13.7. The summed E-state index contributed by atoms with van der Waals surface area (Å²) in [4.78, 5) is 0. The van der Waals surface area contributed by atoms with Crippen molar-refractivity contribution in [3.63, 3.8) is 0 Å². The Morgan fingerprint density at radius 2 is 1.39 bits per heavy atom. The molecule has 0 spiro atoms. The van der Waals surface area contributed by atoms with E-state index in [1.54, 1.807) is 0 Å². The van der Waals surface area contributed by atoms with Gasteiger partial charge < -0.3 is 10.1 Å². The number of nitrogens with two attached hydrogens (primary N) is 1. The Hall–Kier alpha value is -1.51. The van der Waals surface area contributed by atoms with E-state index in [9.17, 15) is 0 Å². The molecule has 2 aromatic rings. The van der Waals surface area contributed by atoms with E-state index in [1.165, 1.54) is 30.4 Å². The summed E-state index contributed by atoms with van der Waals surface area (Å²) in [6.45, 7) is 12.1. The van der Waals surface area contributed by atoms with Gasteiger partial charge in [-0.2, -0.15) is 0 Å². The van der Waals surface area contributed by atoms with Crippen LogP contribution in [0, 0.1) is 5.92 Å². The third-order valence-electron chi connectivity index (χ3n) is 5.25. The lowest BCUT2D eigenvalue weighted by molar-refractivity contribution is -0.693. The van der Waals surface area contributed by atoms with Crippen LogP contribution in [0.3, 0.4) is 0 Å². The standard InChI is InChI=1S/C25H36ClNO/c1-18(2)6-7-23(22-10-14-25(15-11-22)28-19(3)4)16-17-27-20(5)21-8-12-24(26)13-9-21/h8-15,18-20,23,27H,6-7,16-17H2,1-5H3/p+1/t20-,23+/m0/s1. The third kappa shape index (κ3) is 7.85. The van der Waals surface area contributed by atoms with E-state index < -0.39 is 0 Å². The summed E-state index contributed by atoms with van der Waals surface area (Å²) in [7, 11) is 0. The molecule has 0 aliphatic heterocycles. The fourth-order valence-corrected chi connectivity index (χ4v) is 3.68.